The number of piperazine rings is 1. The Morgan fingerprint density at radius 3 is 2.62 bits per heavy atom. The van der Waals surface area contributed by atoms with Crippen LogP contribution in [0.2, 0.25) is 0 Å². The molecule has 52 heavy (non-hydrogen) atoms. The number of anilines is 1. The van der Waals surface area contributed by atoms with Crippen molar-refractivity contribution in [3.8, 4) is 16.9 Å². The number of benzene rings is 2. The number of halogens is 1. The summed E-state index contributed by atoms with van der Waals surface area (Å²) < 4.78 is 24.0. The number of hydrogen-bond donors (Lipinski definition) is 2. The van der Waals surface area contributed by atoms with Crippen LogP contribution in [0.4, 0.5) is 10.2 Å². The van der Waals surface area contributed by atoms with Crippen LogP contribution in [0.3, 0.4) is 0 Å². The van der Waals surface area contributed by atoms with Gasteiger partial charge in [-0.3, -0.25) is 19.1 Å². The maximum absolute atomic E-state index is 16.7. The summed E-state index contributed by atoms with van der Waals surface area (Å²) in [5.41, 5.74) is 2.68. The van der Waals surface area contributed by atoms with Gasteiger partial charge >= 0.3 is 0 Å². The second kappa shape index (κ2) is 13.7. The van der Waals surface area contributed by atoms with E-state index >= 15 is 4.39 Å². The zero-order valence-corrected chi connectivity index (χ0v) is 28.4. The van der Waals surface area contributed by atoms with Crippen LogP contribution in [0.5, 0.6) is 5.75 Å². The van der Waals surface area contributed by atoms with Crippen molar-refractivity contribution in [2.75, 3.05) is 51.3 Å². The lowest BCUT2D eigenvalue weighted by Gasteiger charge is -2.35. The third-order valence-corrected chi connectivity index (χ3v) is 9.78. The Bertz CT molecular complexity index is 2400. The van der Waals surface area contributed by atoms with Gasteiger partial charge in [0, 0.05) is 80.0 Å². The average Bonchev–Trinajstić information content (AvgIpc) is 3.89. The Labute approximate surface area is 296 Å². The van der Waals surface area contributed by atoms with E-state index in [2.05, 4.69) is 35.4 Å². The van der Waals surface area contributed by atoms with Gasteiger partial charge in [0.15, 0.2) is 5.82 Å². The molecule has 6 aromatic rings. The Balaban J connectivity index is 1.08. The molecule has 0 saturated carbocycles. The second-order valence-corrected chi connectivity index (χ2v) is 12.8. The molecule has 1 fully saturated rings. The Morgan fingerprint density at radius 1 is 0.962 bits per heavy atom. The van der Waals surface area contributed by atoms with Gasteiger partial charge in [0.2, 0.25) is 5.91 Å². The van der Waals surface area contributed by atoms with Crippen molar-refractivity contribution in [3.63, 3.8) is 0 Å². The minimum Gasteiger partial charge on any atom is -0.496 e. The first kappa shape index (κ1) is 32.8. The molecule has 2 aliphatic rings. The van der Waals surface area contributed by atoms with Gasteiger partial charge in [-0.15, -0.1) is 5.10 Å². The largest absolute Gasteiger partial charge is 0.496 e. The Morgan fingerprint density at radius 2 is 1.81 bits per heavy atom. The summed E-state index contributed by atoms with van der Waals surface area (Å²) in [6.07, 6.45) is 9.21. The van der Waals surface area contributed by atoms with Gasteiger partial charge in [0.25, 0.3) is 11.5 Å². The van der Waals surface area contributed by atoms with E-state index in [9.17, 15) is 14.4 Å². The number of para-hydroxylation sites is 1. The van der Waals surface area contributed by atoms with E-state index in [-0.39, 0.29) is 41.5 Å². The third kappa shape index (κ3) is 6.14. The number of fused-ring (bicyclic) bond motifs is 2. The molecule has 4 aromatic heterocycles. The number of hydrogen-bond acceptors (Lipinski definition) is 9. The molecule has 14 nitrogen and oxygen atoms in total. The van der Waals surface area contributed by atoms with Gasteiger partial charge in [-0.25, -0.2) is 14.5 Å². The number of rotatable bonds is 8. The van der Waals surface area contributed by atoms with E-state index in [0.29, 0.717) is 90.1 Å². The Kier molecular flexibility index (Phi) is 8.66. The standard InChI is InChI=1S/C37H35FN10O4/c1-52-31-7-3-2-6-25(31)27-18-26(23-5-4-10-47(22-23)33(49)8-11-48-12-9-40-44-48)34(38)35-28(27)19-30(42-35)37(51)46-15-13-45(14-16-46)32-17-24-20-41-43-36(50)29(24)21-39-32/h2-3,5-7,9,12,17-21,42H,4,8,10-11,13-16,22H2,1H3,(H,43,50). The SMILES string of the molecule is COc1ccccc1-c1cc(C2=CCCN(C(=O)CCn3ccnn3)C2)c(F)c2[nH]c(C(=O)N3CCN(c4cc5cn[nH]c(=O)c5cn4)CC3)cc12. The number of H-pyrrole nitrogens is 2. The number of carbonyl (C=O) groups excluding carboxylic acids is 2. The van der Waals surface area contributed by atoms with Crippen molar-refractivity contribution in [2.24, 2.45) is 0 Å². The first-order valence-corrected chi connectivity index (χ1v) is 17.1. The van der Waals surface area contributed by atoms with E-state index in [1.165, 1.54) is 6.20 Å². The molecule has 2 N–H and O–H groups in total. The summed E-state index contributed by atoms with van der Waals surface area (Å²) in [7, 11) is 1.59. The van der Waals surface area contributed by atoms with E-state index < -0.39 is 5.82 Å². The van der Waals surface area contributed by atoms with Crippen molar-refractivity contribution < 1.29 is 18.7 Å². The molecule has 6 heterocycles. The summed E-state index contributed by atoms with van der Waals surface area (Å²) in [5, 5.41) is 15.7. The van der Waals surface area contributed by atoms with Gasteiger partial charge < -0.3 is 24.4 Å². The summed E-state index contributed by atoms with van der Waals surface area (Å²) in [5.74, 6) is 0.518. The first-order chi connectivity index (χ1) is 25.4. The molecule has 264 valence electrons. The maximum atomic E-state index is 16.7. The number of amides is 2. The van der Waals surface area contributed by atoms with Crippen LogP contribution in [-0.4, -0.2) is 103 Å². The predicted octanol–water partition coefficient (Wildman–Crippen LogP) is 3.87. The van der Waals surface area contributed by atoms with E-state index in [1.54, 1.807) is 52.3 Å². The van der Waals surface area contributed by atoms with E-state index in [0.717, 1.165) is 5.56 Å². The molecule has 15 heteroatoms. The summed E-state index contributed by atoms with van der Waals surface area (Å²) in [6, 6.07) is 12.8. The summed E-state index contributed by atoms with van der Waals surface area (Å²) >= 11 is 0. The molecule has 8 rings (SSSR count). The molecule has 0 bridgehead atoms. The number of aromatic nitrogens is 7. The topological polar surface area (TPSA) is 158 Å². The lowest BCUT2D eigenvalue weighted by atomic mass is 9.93. The highest BCUT2D eigenvalue weighted by atomic mass is 19.1. The number of ether oxygens (including phenoxy) is 1. The quantitative estimate of drug-likeness (QED) is 0.240. The van der Waals surface area contributed by atoms with E-state index in [4.69, 9.17) is 4.74 Å². The number of aromatic amines is 2. The minimum atomic E-state index is -0.489. The number of nitrogens with zero attached hydrogens (tertiary/aromatic N) is 8. The monoisotopic (exact) mass is 702 g/mol. The third-order valence-electron chi connectivity index (χ3n) is 9.78. The number of pyridine rings is 1. The van der Waals surface area contributed by atoms with Gasteiger partial charge in [0.05, 0.1) is 37.0 Å². The molecule has 2 aromatic carbocycles. The van der Waals surface area contributed by atoms with Crippen molar-refractivity contribution >= 4 is 44.9 Å². The first-order valence-electron chi connectivity index (χ1n) is 17.1. The van der Waals surface area contributed by atoms with Crippen LogP contribution in [0.15, 0.2) is 78.1 Å². The molecule has 2 amide bonds. The van der Waals surface area contributed by atoms with Gasteiger partial charge in [0.1, 0.15) is 17.3 Å². The number of carbonyl (C=O) groups is 2. The van der Waals surface area contributed by atoms with Crippen LogP contribution in [-0.2, 0) is 11.3 Å². The fraction of sp³-hybridized carbons (Fsp3) is 0.270. The molecular formula is C37H35FN10O4. The fourth-order valence-electron chi connectivity index (χ4n) is 7.03. The van der Waals surface area contributed by atoms with Crippen molar-refractivity contribution in [3.05, 3.63) is 101 Å². The molecule has 0 radical (unpaired) electrons. The lowest BCUT2D eigenvalue weighted by molar-refractivity contribution is -0.131. The smallest absolute Gasteiger partial charge is 0.273 e. The highest BCUT2D eigenvalue weighted by molar-refractivity contribution is 6.05. The molecular weight excluding hydrogens is 667 g/mol. The molecule has 0 spiro atoms. The van der Waals surface area contributed by atoms with E-state index in [1.807, 2.05) is 36.4 Å². The van der Waals surface area contributed by atoms with Crippen LogP contribution < -0.4 is 15.2 Å². The number of methoxy groups -OCH3 is 1. The minimum absolute atomic E-state index is 0.0518. The Hall–Kier alpha value is -6.38. The van der Waals surface area contributed by atoms with Crippen LogP contribution in [0, 0.1) is 5.82 Å². The van der Waals surface area contributed by atoms with Crippen molar-refractivity contribution in [2.45, 2.75) is 19.4 Å². The predicted molar refractivity (Wildman–Crippen MR) is 192 cm³/mol. The zero-order valence-electron chi connectivity index (χ0n) is 28.4. The lowest BCUT2D eigenvalue weighted by Crippen LogP contribution is -2.49. The van der Waals surface area contributed by atoms with Crippen LogP contribution in [0.1, 0.15) is 28.9 Å². The van der Waals surface area contributed by atoms with Gasteiger partial charge in [-0.1, -0.05) is 29.5 Å². The maximum Gasteiger partial charge on any atom is 0.273 e. The molecule has 0 atom stereocenters. The highest BCUT2D eigenvalue weighted by Crippen LogP contribution is 2.40. The van der Waals surface area contributed by atoms with Gasteiger partial charge in [-0.2, -0.15) is 5.10 Å². The highest BCUT2D eigenvalue weighted by Gasteiger charge is 2.28. The number of nitrogens with one attached hydrogen (secondary N) is 2. The second-order valence-electron chi connectivity index (χ2n) is 12.8. The van der Waals surface area contributed by atoms with Gasteiger partial charge in [-0.05, 0) is 41.8 Å². The van der Waals surface area contributed by atoms with Crippen LogP contribution >= 0.6 is 0 Å². The molecule has 0 aliphatic carbocycles. The summed E-state index contributed by atoms with van der Waals surface area (Å²) in [6.45, 7) is 3.07. The molecule has 2 aliphatic heterocycles. The molecule has 0 unspecified atom stereocenters. The normalized spacial score (nSPS) is 15.0. The van der Waals surface area contributed by atoms with Crippen LogP contribution in [0.25, 0.3) is 38.4 Å². The zero-order chi connectivity index (χ0) is 35.8. The summed E-state index contributed by atoms with van der Waals surface area (Å²) in [4.78, 5) is 52.4. The average molecular weight is 703 g/mol. The fourth-order valence-corrected chi connectivity index (χ4v) is 7.03. The van der Waals surface area contributed by atoms with Crippen molar-refractivity contribution in [1.29, 1.82) is 0 Å². The molecule has 1 saturated heterocycles. The number of aryl methyl sites for hydroxylation is 1. The van der Waals surface area contributed by atoms with Crippen molar-refractivity contribution in [1.82, 2.24) is 45.0 Å².